The highest BCUT2D eigenvalue weighted by Crippen LogP contribution is 2.40. The van der Waals surface area contributed by atoms with Gasteiger partial charge in [-0.3, -0.25) is 9.59 Å². The van der Waals surface area contributed by atoms with Gasteiger partial charge in [-0.1, -0.05) is 43.0 Å². The zero-order valence-electron chi connectivity index (χ0n) is 21.0. The van der Waals surface area contributed by atoms with Gasteiger partial charge in [-0.25, -0.2) is 0 Å². The Morgan fingerprint density at radius 1 is 0.973 bits per heavy atom. The Bertz CT molecular complexity index is 1300. The van der Waals surface area contributed by atoms with E-state index in [1.165, 1.54) is 4.90 Å². The molecule has 1 aliphatic rings. The number of hydrogen-bond donors (Lipinski definition) is 1. The Balaban J connectivity index is 1.75. The molecule has 0 bridgehead atoms. The summed E-state index contributed by atoms with van der Waals surface area (Å²) in [6.07, 6.45) is 1.64. The summed E-state index contributed by atoms with van der Waals surface area (Å²) in [4.78, 5) is 29.9. The second kappa shape index (κ2) is 11.6. The molecule has 3 aromatic rings. The van der Waals surface area contributed by atoms with Crippen LogP contribution in [0, 0.1) is 0 Å². The van der Waals surface area contributed by atoms with Crippen LogP contribution in [0.3, 0.4) is 0 Å². The molecule has 7 nitrogen and oxygen atoms in total. The van der Waals surface area contributed by atoms with Gasteiger partial charge in [0.2, 0.25) is 0 Å². The Kier molecular flexibility index (Phi) is 8.05. The van der Waals surface area contributed by atoms with Crippen LogP contribution in [-0.2, 0) is 9.59 Å². The molecule has 0 aliphatic carbocycles. The summed E-state index contributed by atoms with van der Waals surface area (Å²) in [6, 6.07) is 22.5. The van der Waals surface area contributed by atoms with Crippen molar-refractivity contribution in [3.8, 4) is 17.2 Å². The van der Waals surface area contributed by atoms with E-state index in [0.29, 0.717) is 48.1 Å². The zero-order chi connectivity index (χ0) is 26.4. The minimum absolute atomic E-state index is 0.0420. The van der Waals surface area contributed by atoms with E-state index in [1.54, 1.807) is 36.4 Å². The molecule has 0 radical (unpaired) electrons. The lowest BCUT2D eigenvalue weighted by Crippen LogP contribution is -2.35. The highest BCUT2D eigenvalue weighted by Gasteiger charge is 2.46. The first-order valence-electron chi connectivity index (χ1n) is 12.0. The Morgan fingerprint density at radius 2 is 1.68 bits per heavy atom. The Morgan fingerprint density at radius 3 is 2.35 bits per heavy atom. The summed E-state index contributed by atoms with van der Waals surface area (Å²) < 4.78 is 11.5. The van der Waals surface area contributed by atoms with Crippen LogP contribution >= 0.6 is 0 Å². The zero-order valence-corrected chi connectivity index (χ0v) is 21.0. The number of likely N-dealkylation sites (N-methyl/N-ethyl adjacent to an activating group) is 1. The molecule has 1 aliphatic heterocycles. The molecule has 0 unspecified atom stereocenters. The molecular weight excluding hydrogens is 468 g/mol. The lowest BCUT2D eigenvalue weighted by Gasteiger charge is -2.27. The van der Waals surface area contributed by atoms with Gasteiger partial charge in [-0.15, -0.1) is 0 Å². The monoisotopic (exact) mass is 498 g/mol. The highest BCUT2D eigenvalue weighted by atomic mass is 16.5. The van der Waals surface area contributed by atoms with Crippen LogP contribution in [0.4, 0.5) is 0 Å². The molecule has 3 aromatic carbocycles. The summed E-state index contributed by atoms with van der Waals surface area (Å²) in [7, 11) is 3.80. The van der Waals surface area contributed by atoms with E-state index in [1.807, 2.05) is 67.5 Å². The smallest absolute Gasteiger partial charge is 0.295 e. The molecule has 0 aromatic heterocycles. The van der Waals surface area contributed by atoms with Gasteiger partial charge in [0.15, 0.2) is 0 Å². The molecule has 190 valence electrons. The number of likely N-dealkylation sites (tertiary alicyclic amines) is 1. The van der Waals surface area contributed by atoms with Crippen LogP contribution < -0.4 is 9.47 Å². The van der Waals surface area contributed by atoms with Gasteiger partial charge >= 0.3 is 0 Å². The van der Waals surface area contributed by atoms with Crippen molar-refractivity contribution in [1.29, 1.82) is 0 Å². The normalized spacial score (nSPS) is 16.7. The van der Waals surface area contributed by atoms with Crippen LogP contribution in [-0.4, -0.2) is 60.4 Å². The summed E-state index contributed by atoms with van der Waals surface area (Å²) in [6.45, 7) is 4.85. The number of ether oxygens (including phenoxy) is 2. The molecule has 1 atom stereocenters. The maximum Gasteiger partial charge on any atom is 0.295 e. The van der Waals surface area contributed by atoms with Crippen molar-refractivity contribution in [2.45, 2.75) is 6.04 Å². The van der Waals surface area contributed by atoms with E-state index < -0.39 is 17.7 Å². The lowest BCUT2D eigenvalue weighted by molar-refractivity contribution is -0.140. The number of aliphatic hydroxyl groups is 1. The minimum atomic E-state index is -0.768. The third-order valence-corrected chi connectivity index (χ3v) is 5.98. The first-order chi connectivity index (χ1) is 17.9. The van der Waals surface area contributed by atoms with Gasteiger partial charge in [-0.05, 0) is 68.2 Å². The van der Waals surface area contributed by atoms with Crippen LogP contribution in [0.2, 0.25) is 0 Å². The first-order valence-corrected chi connectivity index (χ1v) is 12.0. The number of nitrogens with zero attached hydrogens (tertiary/aromatic N) is 2. The summed E-state index contributed by atoms with van der Waals surface area (Å²) >= 11 is 0. The van der Waals surface area contributed by atoms with Gasteiger partial charge in [0.05, 0.1) is 11.6 Å². The maximum absolute atomic E-state index is 13.3. The molecule has 7 heteroatoms. The summed E-state index contributed by atoms with van der Waals surface area (Å²) in [5.41, 5.74) is 1.12. The standard InChI is InChI=1S/C30H30N2O5/c1-4-19-36-23-15-13-21(14-16-23)28(33)26-27(32(18-17-31(2)3)30(35)29(26)34)22-9-8-12-25(20-22)37-24-10-6-5-7-11-24/h4-16,20,27,33H,1,17-19H2,2-3H3/t27-/m1/s1. The largest absolute Gasteiger partial charge is 0.507 e. The van der Waals surface area contributed by atoms with Crippen LogP contribution in [0.5, 0.6) is 17.2 Å². The SMILES string of the molecule is C=CCOc1ccc(C(O)=C2C(=O)C(=O)N(CCN(C)C)[C@@H]2c2cccc(Oc3ccccc3)c2)cc1. The third-order valence-electron chi connectivity index (χ3n) is 5.98. The summed E-state index contributed by atoms with van der Waals surface area (Å²) in [5, 5.41) is 11.3. The number of hydrogen-bond acceptors (Lipinski definition) is 6. The maximum atomic E-state index is 13.3. The fourth-order valence-corrected chi connectivity index (χ4v) is 4.16. The molecule has 37 heavy (non-hydrogen) atoms. The Hall–Kier alpha value is -4.36. The number of benzene rings is 3. The quantitative estimate of drug-likeness (QED) is 0.183. The highest BCUT2D eigenvalue weighted by molar-refractivity contribution is 6.46. The molecule has 1 amide bonds. The number of amides is 1. The van der Waals surface area contributed by atoms with E-state index >= 15 is 0 Å². The predicted octanol–water partition coefficient (Wildman–Crippen LogP) is 5.03. The van der Waals surface area contributed by atoms with Crippen LogP contribution in [0.1, 0.15) is 17.2 Å². The van der Waals surface area contributed by atoms with Crippen molar-refractivity contribution >= 4 is 17.4 Å². The van der Waals surface area contributed by atoms with Crippen molar-refractivity contribution in [1.82, 2.24) is 9.80 Å². The van der Waals surface area contributed by atoms with Gasteiger partial charge < -0.3 is 24.4 Å². The number of Topliss-reactive ketones (excluding diaryl/α,β-unsaturated/α-hetero) is 1. The second-order valence-electron chi connectivity index (χ2n) is 8.91. The molecule has 1 fully saturated rings. The molecule has 0 saturated carbocycles. The first kappa shape index (κ1) is 25.7. The van der Waals surface area contributed by atoms with E-state index in [2.05, 4.69) is 6.58 Å². The van der Waals surface area contributed by atoms with Crippen molar-refractivity contribution in [3.63, 3.8) is 0 Å². The molecule has 1 saturated heterocycles. The van der Waals surface area contributed by atoms with E-state index in [9.17, 15) is 14.7 Å². The number of ketones is 1. The number of carbonyl (C=O) groups is 2. The van der Waals surface area contributed by atoms with Crippen molar-refractivity contribution in [3.05, 3.63) is 108 Å². The predicted molar refractivity (Wildman–Crippen MR) is 143 cm³/mol. The van der Waals surface area contributed by atoms with Gasteiger partial charge in [0, 0.05) is 18.7 Å². The van der Waals surface area contributed by atoms with Crippen molar-refractivity contribution < 1.29 is 24.2 Å². The number of aliphatic hydroxyl groups excluding tert-OH is 1. The summed E-state index contributed by atoms with van der Waals surface area (Å²) in [5.74, 6) is 0.229. The third kappa shape index (κ3) is 5.90. The second-order valence-corrected chi connectivity index (χ2v) is 8.91. The van der Waals surface area contributed by atoms with Gasteiger partial charge in [-0.2, -0.15) is 0 Å². The van der Waals surface area contributed by atoms with Crippen LogP contribution in [0.15, 0.2) is 97.1 Å². The average Bonchev–Trinajstić information content (AvgIpc) is 3.16. The minimum Gasteiger partial charge on any atom is -0.507 e. The molecule has 1 heterocycles. The van der Waals surface area contributed by atoms with Crippen molar-refractivity contribution in [2.75, 3.05) is 33.8 Å². The molecular formula is C30H30N2O5. The van der Waals surface area contributed by atoms with Crippen LogP contribution in [0.25, 0.3) is 5.76 Å². The van der Waals surface area contributed by atoms with E-state index in [0.717, 1.165) is 0 Å². The number of carbonyl (C=O) groups excluding carboxylic acids is 2. The molecule has 4 rings (SSSR count). The number of para-hydroxylation sites is 1. The van der Waals surface area contributed by atoms with Crippen molar-refractivity contribution in [2.24, 2.45) is 0 Å². The van der Waals surface area contributed by atoms with E-state index in [-0.39, 0.29) is 11.3 Å². The lowest BCUT2D eigenvalue weighted by atomic mass is 9.95. The topological polar surface area (TPSA) is 79.3 Å². The molecule has 1 N–H and O–H groups in total. The number of rotatable bonds is 10. The van der Waals surface area contributed by atoms with Gasteiger partial charge in [0.25, 0.3) is 11.7 Å². The molecule has 0 spiro atoms. The Labute approximate surface area is 216 Å². The fourth-order valence-electron chi connectivity index (χ4n) is 4.16. The van der Waals surface area contributed by atoms with E-state index in [4.69, 9.17) is 9.47 Å². The fraction of sp³-hybridized carbons (Fsp3) is 0.200. The average molecular weight is 499 g/mol. The van der Waals surface area contributed by atoms with Gasteiger partial charge in [0.1, 0.15) is 29.6 Å².